The van der Waals surface area contributed by atoms with Gasteiger partial charge in [-0.2, -0.15) is 11.8 Å². The first-order valence-electron chi connectivity index (χ1n) is 7.88. The summed E-state index contributed by atoms with van der Waals surface area (Å²) in [4.78, 5) is 6.78. The summed E-state index contributed by atoms with van der Waals surface area (Å²) in [6.45, 7) is 7.60. The first-order valence-corrected chi connectivity index (χ1v) is 8.86. The van der Waals surface area contributed by atoms with Gasteiger partial charge in [0.1, 0.15) is 5.75 Å². The molecule has 1 aliphatic heterocycles. The summed E-state index contributed by atoms with van der Waals surface area (Å²) in [7, 11) is 1.86. The summed E-state index contributed by atoms with van der Waals surface area (Å²) in [5.74, 6) is 2.49. The lowest BCUT2D eigenvalue weighted by molar-refractivity contribution is 0.375. The predicted molar refractivity (Wildman–Crippen MR) is 95.9 cm³/mol. The minimum Gasteiger partial charge on any atom is -0.508 e. The SMILES string of the molecule is CN=C(NCCCc1ccc(O)cc1)N1CCSC(C)(C)C1. The van der Waals surface area contributed by atoms with Crippen LogP contribution in [0, 0.1) is 0 Å². The van der Waals surface area contributed by atoms with Crippen molar-refractivity contribution in [2.24, 2.45) is 4.99 Å². The second kappa shape index (κ2) is 7.77. The minimum atomic E-state index is 0.294. The van der Waals surface area contributed by atoms with E-state index in [0.29, 0.717) is 10.5 Å². The molecule has 1 fully saturated rings. The highest BCUT2D eigenvalue weighted by atomic mass is 32.2. The summed E-state index contributed by atoms with van der Waals surface area (Å²) in [5, 5.41) is 12.8. The van der Waals surface area contributed by atoms with Crippen molar-refractivity contribution in [2.45, 2.75) is 31.4 Å². The number of aliphatic imine (C=N–C) groups is 1. The Morgan fingerprint density at radius 1 is 1.36 bits per heavy atom. The second-order valence-corrected chi connectivity index (χ2v) is 8.08. The lowest BCUT2D eigenvalue weighted by Gasteiger charge is -2.39. The summed E-state index contributed by atoms with van der Waals surface area (Å²) in [6, 6.07) is 7.45. The number of rotatable bonds is 4. The van der Waals surface area contributed by atoms with Gasteiger partial charge in [0, 0.05) is 37.2 Å². The number of nitrogens with one attached hydrogen (secondary N) is 1. The fourth-order valence-corrected chi connectivity index (χ4v) is 3.80. The van der Waals surface area contributed by atoms with Crippen LogP contribution in [0.15, 0.2) is 29.3 Å². The first-order chi connectivity index (χ1) is 10.5. The Morgan fingerprint density at radius 2 is 2.09 bits per heavy atom. The number of benzene rings is 1. The minimum absolute atomic E-state index is 0.294. The fraction of sp³-hybridized carbons (Fsp3) is 0.588. The summed E-state index contributed by atoms with van der Waals surface area (Å²) >= 11 is 2.03. The molecule has 0 amide bonds. The van der Waals surface area contributed by atoms with Crippen LogP contribution in [0.25, 0.3) is 0 Å². The van der Waals surface area contributed by atoms with E-state index in [1.165, 1.54) is 5.56 Å². The molecule has 0 atom stereocenters. The molecule has 0 aliphatic carbocycles. The van der Waals surface area contributed by atoms with Crippen LogP contribution in [0.2, 0.25) is 0 Å². The number of hydrogen-bond donors (Lipinski definition) is 2. The second-order valence-electron chi connectivity index (χ2n) is 6.27. The molecule has 22 heavy (non-hydrogen) atoms. The van der Waals surface area contributed by atoms with E-state index < -0.39 is 0 Å². The lowest BCUT2D eigenvalue weighted by Crippen LogP contribution is -2.51. The molecular weight excluding hydrogens is 294 g/mol. The molecule has 1 heterocycles. The van der Waals surface area contributed by atoms with Crippen molar-refractivity contribution >= 4 is 17.7 Å². The van der Waals surface area contributed by atoms with Crippen molar-refractivity contribution in [3.05, 3.63) is 29.8 Å². The maximum atomic E-state index is 9.28. The molecule has 1 aromatic carbocycles. The van der Waals surface area contributed by atoms with E-state index in [2.05, 4.69) is 29.1 Å². The molecule has 1 aromatic rings. The molecule has 0 radical (unpaired) electrons. The number of guanidine groups is 1. The van der Waals surface area contributed by atoms with Gasteiger partial charge in [-0.25, -0.2) is 0 Å². The standard InChI is InChI=1S/C17H27N3OS/c1-17(2)13-20(11-12-22-17)16(18-3)19-10-4-5-14-6-8-15(21)9-7-14/h6-9,21H,4-5,10-13H2,1-3H3,(H,18,19). The van der Waals surface area contributed by atoms with E-state index in [-0.39, 0.29) is 0 Å². The Kier molecular flexibility index (Phi) is 6.00. The molecule has 2 N–H and O–H groups in total. The molecule has 2 rings (SSSR count). The monoisotopic (exact) mass is 321 g/mol. The van der Waals surface area contributed by atoms with Gasteiger partial charge in [-0.05, 0) is 44.4 Å². The van der Waals surface area contributed by atoms with Crippen molar-refractivity contribution < 1.29 is 5.11 Å². The van der Waals surface area contributed by atoms with E-state index in [4.69, 9.17) is 0 Å². The fourth-order valence-electron chi connectivity index (χ4n) is 2.68. The molecule has 1 aliphatic rings. The summed E-state index contributed by atoms with van der Waals surface area (Å²) in [6.07, 6.45) is 2.06. The van der Waals surface area contributed by atoms with Crippen LogP contribution in [-0.2, 0) is 6.42 Å². The number of nitrogens with zero attached hydrogens (tertiary/aromatic N) is 2. The molecular formula is C17H27N3OS. The van der Waals surface area contributed by atoms with Crippen LogP contribution in [0.5, 0.6) is 5.75 Å². The van der Waals surface area contributed by atoms with Gasteiger partial charge in [0.25, 0.3) is 0 Å². The normalized spacial score (nSPS) is 18.3. The topological polar surface area (TPSA) is 47.9 Å². The molecule has 0 spiro atoms. The van der Waals surface area contributed by atoms with Crippen molar-refractivity contribution in [1.29, 1.82) is 0 Å². The zero-order valence-electron chi connectivity index (χ0n) is 13.8. The van der Waals surface area contributed by atoms with Gasteiger partial charge >= 0.3 is 0 Å². The van der Waals surface area contributed by atoms with Gasteiger partial charge in [0.05, 0.1) is 0 Å². The van der Waals surface area contributed by atoms with Gasteiger partial charge in [-0.15, -0.1) is 0 Å². The van der Waals surface area contributed by atoms with E-state index in [9.17, 15) is 5.11 Å². The van der Waals surface area contributed by atoms with Crippen molar-refractivity contribution in [1.82, 2.24) is 10.2 Å². The van der Waals surface area contributed by atoms with E-state index >= 15 is 0 Å². The Hall–Kier alpha value is -1.36. The third-order valence-corrected chi connectivity index (χ3v) is 5.10. The maximum Gasteiger partial charge on any atom is 0.193 e. The van der Waals surface area contributed by atoms with E-state index in [0.717, 1.165) is 44.2 Å². The Balaban J connectivity index is 1.76. The summed E-state index contributed by atoms with van der Waals surface area (Å²) in [5.41, 5.74) is 1.25. The Bertz CT molecular complexity index is 499. The lowest BCUT2D eigenvalue weighted by atomic mass is 10.1. The van der Waals surface area contributed by atoms with Gasteiger partial charge < -0.3 is 15.3 Å². The zero-order chi connectivity index (χ0) is 16.0. The highest BCUT2D eigenvalue weighted by Crippen LogP contribution is 2.29. The number of phenolic OH excluding ortho intramolecular Hbond substituents is 1. The third kappa shape index (κ3) is 5.13. The summed E-state index contributed by atoms with van der Waals surface area (Å²) < 4.78 is 0.294. The zero-order valence-corrected chi connectivity index (χ0v) is 14.6. The molecule has 0 unspecified atom stereocenters. The highest BCUT2D eigenvalue weighted by Gasteiger charge is 2.28. The van der Waals surface area contributed by atoms with Crippen molar-refractivity contribution in [3.63, 3.8) is 0 Å². The van der Waals surface area contributed by atoms with Crippen LogP contribution >= 0.6 is 11.8 Å². The van der Waals surface area contributed by atoms with Crippen LogP contribution < -0.4 is 5.32 Å². The largest absolute Gasteiger partial charge is 0.508 e. The smallest absolute Gasteiger partial charge is 0.193 e. The molecule has 0 aromatic heterocycles. The number of thioether (sulfide) groups is 1. The first kappa shape index (κ1) is 17.0. The third-order valence-electron chi connectivity index (χ3n) is 3.80. The van der Waals surface area contributed by atoms with Crippen LogP contribution in [0.1, 0.15) is 25.8 Å². The maximum absolute atomic E-state index is 9.28. The quantitative estimate of drug-likeness (QED) is 0.508. The number of aryl methyl sites for hydroxylation is 1. The van der Waals surface area contributed by atoms with Gasteiger partial charge in [-0.3, -0.25) is 4.99 Å². The van der Waals surface area contributed by atoms with Crippen LogP contribution in [0.4, 0.5) is 0 Å². The average molecular weight is 321 g/mol. The molecule has 5 heteroatoms. The van der Waals surface area contributed by atoms with Crippen molar-refractivity contribution in [2.75, 3.05) is 32.4 Å². The van der Waals surface area contributed by atoms with Gasteiger partial charge in [-0.1, -0.05) is 12.1 Å². The van der Waals surface area contributed by atoms with E-state index in [1.54, 1.807) is 12.1 Å². The molecule has 1 saturated heterocycles. The van der Waals surface area contributed by atoms with Crippen LogP contribution in [0.3, 0.4) is 0 Å². The molecule has 4 nitrogen and oxygen atoms in total. The molecule has 0 saturated carbocycles. The Morgan fingerprint density at radius 3 is 2.73 bits per heavy atom. The van der Waals surface area contributed by atoms with Crippen molar-refractivity contribution in [3.8, 4) is 5.75 Å². The Labute approximate surface area is 138 Å². The van der Waals surface area contributed by atoms with Gasteiger partial charge in [0.15, 0.2) is 5.96 Å². The van der Waals surface area contributed by atoms with E-state index in [1.807, 2.05) is 30.9 Å². The highest BCUT2D eigenvalue weighted by molar-refractivity contribution is 8.00. The average Bonchev–Trinajstić information content (AvgIpc) is 2.48. The van der Waals surface area contributed by atoms with Gasteiger partial charge in [0.2, 0.25) is 0 Å². The molecule has 0 bridgehead atoms. The molecule has 122 valence electrons. The predicted octanol–water partition coefficient (Wildman–Crippen LogP) is 2.73. The number of aromatic hydroxyl groups is 1. The number of phenols is 1. The van der Waals surface area contributed by atoms with Crippen LogP contribution in [-0.4, -0.2) is 53.1 Å². The number of hydrogen-bond acceptors (Lipinski definition) is 3.